The van der Waals surface area contributed by atoms with Crippen molar-refractivity contribution in [3.8, 4) is 27.9 Å². The van der Waals surface area contributed by atoms with Crippen LogP contribution >= 0.6 is 0 Å². The summed E-state index contributed by atoms with van der Waals surface area (Å²) in [4.78, 5) is 2.41. The summed E-state index contributed by atoms with van der Waals surface area (Å²) in [5.41, 5.74) is 16.4. The largest absolute Gasteiger partial charge is 0.310 e. The lowest BCUT2D eigenvalue weighted by molar-refractivity contribution is 0.768. The third-order valence-electron chi connectivity index (χ3n) is 11.9. The fourth-order valence-electron chi connectivity index (χ4n) is 9.44. The normalized spacial score (nSPS) is 12.7. The van der Waals surface area contributed by atoms with E-state index in [1.54, 1.807) is 0 Å². The van der Waals surface area contributed by atoms with Crippen LogP contribution in [0.4, 0.5) is 17.1 Å². The zero-order valence-electron chi connectivity index (χ0n) is 31.3. The van der Waals surface area contributed by atoms with Gasteiger partial charge in [-0.3, -0.25) is 0 Å². The van der Waals surface area contributed by atoms with Gasteiger partial charge in [-0.2, -0.15) is 0 Å². The number of anilines is 3. The molecule has 0 aliphatic heterocycles. The van der Waals surface area contributed by atoms with Gasteiger partial charge in [-0.25, -0.2) is 0 Å². The second-order valence-corrected chi connectivity index (χ2v) is 14.9. The summed E-state index contributed by atoms with van der Waals surface area (Å²) in [7, 11) is 0. The molecule has 11 rings (SSSR count). The van der Waals surface area contributed by atoms with E-state index >= 15 is 0 Å². The molecule has 1 aliphatic carbocycles. The quantitative estimate of drug-likeness (QED) is 0.159. The van der Waals surface area contributed by atoms with Crippen LogP contribution in [0.15, 0.2) is 231 Å². The van der Waals surface area contributed by atoms with Gasteiger partial charge in [0.15, 0.2) is 0 Å². The Balaban J connectivity index is 1.12. The van der Waals surface area contributed by atoms with Crippen LogP contribution in [-0.2, 0) is 5.41 Å². The van der Waals surface area contributed by atoms with Gasteiger partial charge < -0.3 is 9.47 Å². The number of hydrogen-bond acceptors (Lipinski definition) is 1. The van der Waals surface area contributed by atoms with Gasteiger partial charge in [0.1, 0.15) is 0 Å². The lowest BCUT2D eigenvalue weighted by atomic mass is 9.67. The average Bonchev–Trinajstić information content (AvgIpc) is 3.79. The number of nitrogens with zero attached hydrogens (tertiary/aromatic N) is 2. The Morgan fingerprint density at radius 1 is 0.333 bits per heavy atom. The predicted molar refractivity (Wildman–Crippen MR) is 238 cm³/mol. The van der Waals surface area contributed by atoms with Crippen molar-refractivity contribution in [2.75, 3.05) is 4.90 Å². The van der Waals surface area contributed by atoms with Gasteiger partial charge in [0.2, 0.25) is 0 Å². The maximum atomic E-state index is 2.42. The first-order valence-corrected chi connectivity index (χ1v) is 19.7. The molecule has 268 valence electrons. The molecule has 57 heavy (non-hydrogen) atoms. The zero-order valence-corrected chi connectivity index (χ0v) is 31.3. The highest BCUT2D eigenvalue weighted by Crippen LogP contribution is 2.56. The van der Waals surface area contributed by atoms with E-state index in [4.69, 9.17) is 0 Å². The van der Waals surface area contributed by atoms with Crippen molar-refractivity contribution in [3.63, 3.8) is 0 Å². The maximum absolute atomic E-state index is 2.42. The fourth-order valence-corrected chi connectivity index (χ4v) is 9.44. The average molecular weight is 727 g/mol. The highest BCUT2D eigenvalue weighted by Gasteiger charge is 2.46. The van der Waals surface area contributed by atoms with Crippen LogP contribution in [0.3, 0.4) is 0 Å². The lowest BCUT2D eigenvalue weighted by Crippen LogP contribution is -2.28. The van der Waals surface area contributed by atoms with E-state index in [0.717, 1.165) is 22.7 Å². The smallest absolute Gasteiger partial charge is 0.0714 e. The Kier molecular flexibility index (Phi) is 7.75. The summed E-state index contributed by atoms with van der Waals surface area (Å²) < 4.78 is 2.38. The molecule has 0 atom stereocenters. The third kappa shape index (κ3) is 5.18. The zero-order chi connectivity index (χ0) is 37.8. The molecule has 1 heterocycles. The van der Waals surface area contributed by atoms with Gasteiger partial charge in [-0.05, 0) is 105 Å². The number of rotatable bonds is 7. The summed E-state index contributed by atoms with van der Waals surface area (Å²) in [5.74, 6) is 0. The molecule has 0 N–H and O–H groups in total. The molecule has 0 fully saturated rings. The van der Waals surface area contributed by atoms with E-state index < -0.39 is 5.41 Å². The molecule has 9 aromatic carbocycles. The maximum Gasteiger partial charge on any atom is 0.0714 e. The third-order valence-corrected chi connectivity index (χ3v) is 11.9. The van der Waals surface area contributed by atoms with Gasteiger partial charge >= 0.3 is 0 Å². The van der Waals surface area contributed by atoms with Crippen LogP contribution in [0.2, 0.25) is 0 Å². The number of benzene rings is 9. The van der Waals surface area contributed by atoms with Gasteiger partial charge in [0.25, 0.3) is 0 Å². The van der Waals surface area contributed by atoms with Gasteiger partial charge in [0.05, 0.1) is 16.4 Å². The SMILES string of the molecule is c1ccc(-c2cccc(N(c3ccc(-n4c5ccccc5c5ccccc54)cc3)c3cccc(C4(c5ccccc5)c5ccccc5-c5ccccc54)c3)c2)cc1. The molecule has 10 aromatic rings. The summed E-state index contributed by atoms with van der Waals surface area (Å²) in [6.07, 6.45) is 0. The van der Waals surface area contributed by atoms with Crippen molar-refractivity contribution >= 4 is 38.9 Å². The van der Waals surface area contributed by atoms with E-state index in [1.807, 2.05) is 0 Å². The van der Waals surface area contributed by atoms with Gasteiger partial charge in [-0.1, -0.05) is 170 Å². The van der Waals surface area contributed by atoms with Crippen LogP contribution < -0.4 is 4.90 Å². The molecule has 0 radical (unpaired) electrons. The second kappa shape index (κ2) is 13.4. The Morgan fingerprint density at radius 2 is 0.825 bits per heavy atom. The van der Waals surface area contributed by atoms with Crippen molar-refractivity contribution in [1.82, 2.24) is 4.57 Å². The van der Waals surface area contributed by atoms with Crippen molar-refractivity contribution in [3.05, 3.63) is 253 Å². The van der Waals surface area contributed by atoms with Gasteiger partial charge in [-0.15, -0.1) is 0 Å². The first-order chi connectivity index (χ1) is 28.3. The minimum atomic E-state index is -0.498. The molecule has 0 spiro atoms. The molecule has 2 nitrogen and oxygen atoms in total. The monoisotopic (exact) mass is 726 g/mol. The highest BCUT2D eigenvalue weighted by atomic mass is 15.1. The number of para-hydroxylation sites is 2. The van der Waals surface area contributed by atoms with Crippen molar-refractivity contribution in [1.29, 1.82) is 0 Å². The molecule has 0 bridgehead atoms. The second-order valence-electron chi connectivity index (χ2n) is 14.9. The summed E-state index contributed by atoms with van der Waals surface area (Å²) in [5, 5.41) is 2.52. The molecule has 0 saturated carbocycles. The Hall–Kier alpha value is -7.42. The fraction of sp³-hybridized carbons (Fsp3) is 0.0182. The number of aromatic nitrogens is 1. The first-order valence-electron chi connectivity index (χ1n) is 19.7. The van der Waals surface area contributed by atoms with E-state index in [1.165, 1.54) is 66.3 Å². The lowest BCUT2D eigenvalue weighted by Gasteiger charge is -2.35. The van der Waals surface area contributed by atoms with Crippen LogP contribution in [0.1, 0.15) is 22.3 Å². The summed E-state index contributed by atoms with van der Waals surface area (Å²) in [6, 6.07) is 84.2. The predicted octanol–water partition coefficient (Wildman–Crippen LogP) is 14.3. The van der Waals surface area contributed by atoms with Crippen molar-refractivity contribution < 1.29 is 0 Å². The Morgan fingerprint density at radius 3 is 1.47 bits per heavy atom. The molecule has 1 aromatic heterocycles. The highest BCUT2D eigenvalue weighted by molar-refractivity contribution is 6.09. The molecular formula is C55H38N2. The summed E-state index contributed by atoms with van der Waals surface area (Å²) in [6.45, 7) is 0. The molecule has 0 amide bonds. The molecule has 0 unspecified atom stereocenters. The molecule has 2 heteroatoms. The van der Waals surface area contributed by atoms with Crippen LogP contribution in [0, 0.1) is 0 Å². The first kappa shape index (κ1) is 33.0. The number of fused-ring (bicyclic) bond motifs is 6. The van der Waals surface area contributed by atoms with Gasteiger partial charge in [0, 0.05) is 33.5 Å². The van der Waals surface area contributed by atoms with Crippen LogP contribution in [-0.4, -0.2) is 4.57 Å². The van der Waals surface area contributed by atoms with E-state index in [-0.39, 0.29) is 0 Å². The topological polar surface area (TPSA) is 8.17 Å². The minimum absolute atomic E-state index is 0.498. The minimum Gasteiger partial charge on any atom is -0.310 e. The molecule has 1 aliphatic rings. The van der Waals surface area contributed by atoms with Crippen molar-refractivity contribution in [2.45, 2.75) is 5.41 Å². The number of hydrogen-bond donors (Lipinski definition) is 0. The van der Waals surface area contributed by atoms with E-state index in [2.05, 4.69) is 240 Å². The van der Waals surface area contributed by atoms with Crippen molar-refractivity contribution in [2.24, 2.45) is 0 Å². The van der Waals surface area contributed by atoms with E-state index in [0.29, 0.717) is 0 Å². The molecular weight excluding hydrogens is 689 g/mol. The molecule has 0 saturated heterocycles. The summed E-state index contributed by atoms with van der Waals surface area (Å²) >= 11 is 0. The van der Waals surface area contributed by atoms with E-state index in [9.17, 15) is 0 Å². The Labute approximate surface area is 333 Å². The standard InChI is InChI=1S/C55H38N2/c1-3-17-39(18-4-1)40-19-15-23-45(37-40)56(43-33-35-44(36-34-43)57-53-31-13-9-27-49(53)50-28-10-14-32-54(50)57)46-24-16-22-42(38-46)55(41-20-5-2-6-21-41)51-29-11-7-25-47(51)48-26-8-12-30-52(48)55/h1-38H. The Bertz CT molecular complexity index is 2970. The van der Waals surface area contributed by atoms with Crippen LogP contribution in [0.25, 0.3) is 49.7 Å². The van der Waals surface area contributed by atoms with Crippen LogP contribution in [0.5, 0.6) is 0 Å².